The zero-order valence-electron chi connectivity index (χ0n) is 14.7. The number of nitrogens with one attached hydrogen (secondary N) is 1. The number of ether oxygens (including phenoxy) is 1. The Labute approximate surface area is 160 Å². The predicted molar refractivity (Wildman–Crippen MR) is 103 cm³/mol. The second-order valence-electron chi connectivity index (χ2n) is 6.42. The predicted octanol–water partition coefficient (Wildman–Crippen LogP) is 3.42. The van der Waals surface area contributed by atoms with Crippen molar-refractivity contribution in [2.75, 3.05) is 20.2 Å². The Bertz CT molecular complexity index is 865. The van der Waals surface area contributed by atoms with Crippen molar-refractivity contribution in [2.24, 2.45) is 0 Å². The van der Waals surface area contributed by atoms with Gasteiger partial charge in [0.15, 0.2) is 0 Å². The standard InChI is InChI=1S/C19H23ClN2O3S/c1-25-19-8-7-17(12-18(19)20)26(23,24)21-13-15-5-4-6-16(11-15)14-22-9-2-3-10-22/h4-8,11-12,21H,2-3,9-10,13-14H2,1H3. The number of likely N-dealkylation sites (tertiary alicyclic amines) is 1. The lowest BCUT2D eigenvalue weighted by atomic mass is 10.1. The Morgan fingerprint density at radius 3 is 2.54 bits per heavy atom. The molecule has 3 rings (SSSR count). The number of sulfonamides is 1. The van der Waals surface area contributed by atoms with E-state index in [1.54, 1.807) is 6.07 Å². The largest absolute Gasteiger partial charge is 0.495 e. The molecule has 2 aromatic rings. The van der Waals surface area contributed by atoms with Gasteiger partial charge in [-0.15, -0.1) is 0 Å². The van der Waals surface area contributed by atoms with Gasteiger partial charge in [-0.05, 0) is 55.3 Å². The average Bonchev–Trinajstić information content (AvgIpc) is 3.13. The average molecular weight is 395 g/mol. The van der Waals surface area contributed by atoms with Crippen LogP contribution in [0.5, 0.6) is 5.75 Å². The summed E-state index contributed by atoms with van der Waals surface area (Å²) < 4.78 is 32.7. The number of benzene rings is 2. The van der Waals surface area contributed by atoms with Crippen LogP contribution in [0.4, 0.5) is 0 Å². The molecule has 26 heavy (non-hydrogen) atoms. The van der Waals surface area contributed by atoms with Crippen molar-refractivity contribution in [1.82, 2.24) is 9.62 Å². The van der Waals surface area contributed by atoms with Crippen LogP contribution in [0.25, 0.3) is 0 Å². The van der Waals surface area contributed by atoms with Crippen LogP contribution < -0.4 is 9.46 Å². The molecule has 1 fully saturated rings. The summed E-state index contributed by atoms with van der Waals surface area (Å²) in [4.78, 5) is 2.54. The minimum atomic E-state index is -3.64. The van der Waals surface area contributed by atoms with Crippen LogP contribution >= 0.6 is 11.6 Å². The van der Waals surface area contributed by atoms with E-state index in [-0.39, 0.29) is 16.5 Å². The van der Waals surface area contributed by atoms with E-state index in [1.165, 1.54) is 37.6 Å². The van der Waals surface area contributed by atoms with Crippen LogP contribution in [-0.2, 0) is 23.1 Å². The minimum absolute atomic E-state index is 0.122. The molecule has 1 aliphatic heterocycles. The SMILES string of the molecule is COc1ccc(S(=O)(=O)NCc2cccc(CN3CCCC3)c2)cc1Cl. The molecular formula is C19H23ClN2O3S. The molecule has 0 unspecified atom stereocenters. The molecule has 0 bridgehead atoms. The van der Waals surface area contributed by atoms with Crippen molar-refractivity contribution in [3.63, 3.8) is 0 Å². The maximum Gasteiger partial charge on any atom is 0.240 e. The molecule has 140 valence electrons. The maximum atomic E-state index is 12.5. The van der Waals surface area contributed by atoms with Gasteiger partial charge in [0.1, 0.15) is 5.75 Å². The fourth-order valence-corrected chi connectivity index (χ4v) is 4.48. The second kappa shape index (κ2) is 8.39. The smallest absolute Gasteiger partial charge is 0.240 e. The monoisotopic (exact) mass is 394 g/mol. The summed E-state index contributed by atoms with van der Waals surface area (Å²) in [5.41, 5.74) is 2.14. The molecule has 1 heterocycles. The molecule has 0 radical (unpaired) electrons. The molecule has 5 nitrogen and oxygen atoms in total. The molecule has 2 aromatic carbocycles. The van der Waals surface area contributed by atoms with Crippen molar-refractivity contribution in [1.29, 1.82) is 0 Å². The third-order valence-corrected chi connectivity index (χ3v) is 6.19. The Balaban J connectivity index is 1.66. The van der Waals surface area contributed by atoms with Crippen LogP contribution in [0.15, 0.2) is 47.4 Å². The molecule has 1 N–H and O–H groups in total. The normalized spacial score (nSPS) is 15.3. The summed E-state index contributed by atoms with van der Waals surface area (Å²) in [5, 5.41) is 0.267. The van der Waals surface area contributed by atoms with Crippen LogP contribution in [0.2, 0.25) is 5.02 Å². The Hall–Kier alpha value is -1.60. The molecule has 0 spiro atoms. The highest BCUT2D eigenvalue weighted by atomic mass is 35.5. The Kier molecular flexibility index (Phi) is 6.19. The van der Waals surface area contributed by atoms with Crippen LogP contribution in [0.1, 0.15) is 24.0 Å². The molecule has 0 aliphatic carbocycles. The number of methoxy groups -OCH3 is 1. The first kappa shape index (κ1) is 19.2. The summed E-state index contributed by atoms with van der Waals surface area (Å²) in [7, 11) is -2.15. The quantitative estimate of drug-likeness (QED) is 0.781. The van der Waals surface area contributed by atoms with Crippen LogP contribution in [0, 0.1) is 0 Å². The molecule has 1 aliphatic rings. The highest BCUT2D eigenvalue weighted by Gasteiger charge is 2.16. The number of hydrogen-bond donors (Lipinski definition) is 1. The summed E-state index contributed by atoms with van der Waals surface area (Å²) in [6.45, 7) is 3.42. The number of hydrogen-bond acceptors (Lipinski definition) is 4. The number of rotatable bonds is 7. The summed E-state index contributed by atoms with van der Waals surface area (Å²) >= 11 is 6.03. The van der Waals surface area contributed by atoms with Gasteiger partial charge in [-0.3, -0.25) is 4.90 Å². The van der Waals surface area contributed by atoms with Gasteiger partial charge < -0.3 is 4.74 Å². The summed E-state index contributed by atoms with van der Waals surface area (Å²) in [6.07, 6.45) is 2.51. The summed E-state index contributed by atoms with van der Waals surface area (Å²) in [5.74, 6) is 0.445. The lowest BCUT2D eigenvalue weighted by molar-refractivity contribution is 0.331. The van der Waals surface area contributed by atoms with E-state index in [1.807, 2.05) is 12.1 Å². The van der Waals surface area contributed by atoms with Crippen molar-refractivity contribution in [3.05, 3.63) is 58.6 Å². The van der Waals surface area contributed by atoms with Gasteiger partial charge >= 0.3 is 0 Å². The van der Waals surface area contributed by atoms with Gasteiger partial charge in [0.2, 0.25) is 10.0 Å². The fraction of sp³-hybridized carbons (Fsp3) is 0.368. The third kappa shape index (κ3) is 4.76. The third-order valence-electron chi connectivity index (χ3n) is 4.50. The van der Waals surface area contributed by atoms with E-state index in [4.69, 9.17) is 16.3 Å². The van der Waals surface area contributed by atoms with E-state index < -0.39 is 10.0 Å². The van der Waals surface area contributed by atoms with Gasteiger partial charge in [0.05, 0.1) is 17.0 Å². The van der Waals surface area contributed by atoms with Gasteiger partial charge in [0.25, 0.3) is 0 Å². The molecule has 0 atom stereocenters. The first-order valence-corrected chi connectivity index (χ1v) is 10.5. The van der Waals surface area contributed by atoms with Crippen molar-refractivity contribution in [2.45, 2.75) is 30.8 Å². The van der Waals surface area contributed by atoms with E-state index >= 15 is 0 Å². The fourth-order valence-electron chi connectivity index (χ4n) is 3.11. The van der Waals surface area contributed by atoms with Crippen LogP contribution in [-0.4, -0.2) is 33.5 Å². The van der Waals surface area contributed by atoms with Crippen LogP contribution in [0.3, 0.4) is 0 Å². The van der Waals surface area contributed by atoms with Gasteiger partial charge in [0, 0.05) is 13.1 Å². The Morgan fingerprint density at radius 1 is 1.12 bits per heavy atom. The minimum Gasteiger partial charge on any atom is -0.495 e. The molecule has 7 heteroatoms. The van der Waals surface area contributed by atoms with Gasteiger partial charge in [-0.1, -0.05) is 35.9 Å². The van der Waals surface area contributed by atoms with Crippen molar-refractivity contribution < 1.29 is 13.2 Å². The van der Waals surface area contributed by atoms with E-state index in [0.29, 0.717) is 5.75 Å². The van der Waals surface area contributed by atoms with Crippen molar-refractivity contribution >= 4 is 21.6 Å². The van der Waals surface area contributed by atoms with E-state index in [0.717, 1.165) is 25.2 Å². The first-order chi connectivity index (χ1) is 12.5. The molecular weight excluding hydrogens is 372 g/mol. The summed E-state index contributed by atoms with van der Waals surface area (Å²) in [6, 6.07) is 12.5. The number of nitrogens with zero attached hydrogens (tertiary/aromatic N) is 1. The Morgan fingerprint density at radius 2 is 1.85 bits per heavy atom. The second-order valence-corrected chi connectivity index (χ2v) is 8.60. The number of halogens is 1. The van der Waals surface area contributed by atoms with Gasteiger partial charge in [-0.2, -0.15) is 0 Å². The molecule has 0 aromatic heterocycles. The maximum absolute atomic E-state index is 12.5. The highest BCUT2D eigenvalue weighted by Crippen LogP contribution is 2.27. The van der Waals surface area contributed by atoms with Gasteiger partial charge in [-0.25, -0.2) is 13.1 Å². The molecule has 0 saturated carbocycles. The zero-order chi connectivity index (χ0) is 18.6. The first-order valence-electron chi connectivity index (χ1n) is 8.61. The molecule has 0 amide bonds. The molecule has 1 saturated heterocycles. The van der Waals surface area contributed by atoms with Crippen molar-refractivity contribution in [3.8, 4) is 5.75 Å². The lowest BCUT2D eigenvalue weighted by Crippen LogP contribution is -2.23. The highest BCUT2D eigenvalue weighted by molar-refractivity contribution is 7.89. The van der Waals surface area contributed by atoms with E-state index in [9.17, 15) is 8.42 Å². The van der Waals surface area contributed by atoms with E-state index in [2.05, 4.69) is 21.8 Å². The topological polar surface area (TPSA) is 58.6 Å². The lowest BCUT2D eigenvalue weighted by Gasteiger charge is -2.15. The zero-order valence-corrected chi connectivity index (χ0v) is 16.3.